The van der Waals surface area contributed by atoms with Crippen molar-refractivity contribution < 1.29 is 9.84 Å². The summed E-state index contributed by atoms with van der Waals surface area (Å²) in [5, 5.41) is 9.42. The van der Waals surface area contributed by atoms with E-state index in [1.807, 2.05) is 19.1 Å². The van der Waals surface area contributed by atoms with Gasteiger partial charge in [0, 0.05) is 18.9 Å². The standard InChI is InChI=1S/C17H20N2O2/c1-13-11-15(12-20)19-16(18-13)17(7-9-21-10-8-17)14-5-3-2-4-6-14/h2-6,11,20H,7-10,12H2,1H3. The maximum absolute atomic E-state index is 9.42. The van der Waals surface area contributed by atoms with Crippen molar-refractivity contribution in [3.05, 3.63) is 59.2 Å². The molecule has 0 saturated carbocycles. The normalized spacial score (nSPS) is 17.6. The summed E-state index contributed by atoms with van der Waals surface area (Å²) in [4.78, 5) is 9.28. The fourth-order valence-electron chi connectivity index (χ4n) is 3.05. The van der Waals surface area contributed by atoms with Gasteiger partial charge in [-0.2, -0.15) is 0 Å². The molecule has 1 fully saturated rings. The molecule has 21 heavy (non-hydrogen) atoms. The first-order valence-corrected chi connectivity index (χ1v) is 7.34. The van der Waals surface area contributed by atoms with Crippen LogP contribution in [0.5, 0.6) is 0 Å². The second-order valence-corrected chi connectivity index (χ2v) is 5.54. The summed E-state index contributed by atoms with van der Waals surface area (Å²) < 4.78 is 5.55. The first-order chi connectivity index (χ1) is 10.2. The lowest BCUT2D eigenvalue weighted by molar-refractivity contribution is 0.0602. The first-order valence-electron chi connectivity index (χ1n) is 7.34. The third-order valence-electron chi connectivity index (χ3n) is 4.17. The average molecular weight is 284 g/mol. The van der Waals surface area contributed by atoms with Crippen LogP contribution in [-0.2, 0) is 16.8 Å². The largest absolute Gasteiger partial charge is 0.390 e. The van der Waals surface area contributed by atoms with Crippen molar-refractivity contribution in [1.29, 1.82) is 0 Å². The van der Waals surface area contributed by atoms with Crippen molar-refractivity contribution in [3.8, 4) is 0 Å². The predicted molar refractivity (Wildman–Crippen MR) is 80.0 cm³/mol. The van der Waals surface area contributed by atoms with E-state index in [-0.39, 0.29) is 12.0 Å². The Kier molecular flexibility index (Phi) is 3.99. The van der Waals surface area contributed by atoms with Crippen molar-refractivity contribution in [3.63, 3.8) is 0 Å². The summed E-state index contributed by atoms with van der Waals surface area (Å²) in [6.45, 7) is 3.31. The van der Waals surface area contributed by atoms with Crippen LogP contribution in [0.15, 0.2) is 36.4 Å². The van der Waals surface area contributed by atoms with Crippen molar-refractivity contribution in [1.82, 2.24) is 9.97 Å². The molecule has 2 aromatic rings. The van der Waals surface area contributed by atoms with E-state index in [1.165, 1.54) is 5.56 Å². The van der Waals surface area contributed by atoms with Gasteiger partial charge in [-0.15, -0.1) is 0 Å². The molecule has 1 saturated heterocycles. The van der Waals surface area contributed by atoms with E-state index >= 15 is 0 Å². The lowest BCUT2D eigenvalue weighted by Crippen LogP contribution is -2.37. The molecule has 0 bridgehead atoms. The Morgan fingerprint density at radius 1 is 1.14 bits per heavy atom. The molecule has 0 radical (unpaired) electrons. The minimum Gasteiger partial charge on any atom is -0.390 e. The number of aromatic nitrogens is 2. The van der Waals surface area contributed by atoms with Crippen LogP contribution in [0.4, 0.5) is 0 Å². The van der Waals surface area contributed by atoms with Crippen molar-refractivity contribution >= 4 is 0 Å². The van der Waals surface area contributed by atoms with Gasteiger partial charge in [0.1, 0.15) is 5.82 Å². The monoisotopic (exact) mass is 284 g/mol. The lowest BCUT2D eigenvalue weighted by Gasteiger charge is -2.36. The van der Waals surface area contributed by atoms with Crippen molar-refractivity contribution in [2.45, 2.75) is 31.8 Å². The van der Waals surface area contributed by atoms with E-state index in [9.17, 15) is 5.11 Å². The quantitative estimate of drug-likeness (QED) is 0.940. The van der Waals surface area contributed by atoms with Crippen molar-refractivity contribution in [2.75, 3.05) is 13.2 Å². The number of ether oxygens (including phenoxy) is 1. The maximum atomic E-state index is 9.42. The molecule has 1 aliphatic heterocycles. The third kappa shape index (κ3) is 2.69. The van der Waals surface area contributed by atoms with Crippen LogP contribution in [0, 0.1) is 6.92 Å². The number of aliphatic hydroxyl groups excluding tert-OH is 1. The Morgan fingerprint density at radius 2 is 1.86 bits per heavy atom. The number of rotatable bonds is 3. The molecule has 0 aliphatic carbocycles. The zero-order valence-electron chi connectivity index (χ0n) is 12.2. The van der Waals surface area contributed by atoms with E-state index in [4.69, 9.17) is 4.74 Å². The highest BCUT2D eigenvalue weighted by atomic mass is 16.5. The van der Waals surface area contributed by atoms with E-state index < -0.39 is 0 Å². The number of hydrogen-bond acceptors (Lipinski definition) is 4. The van der Waals surface area contributed by atoms with E-state index in [0.717, 1.165) is 24.4 Å². The summed E-state index contributed by atoms with van der Waals surface area (Å²) in [5.74, 6) is 0.807. The Labute approximate surface area is 124 Å². The molecule has 1 aromatic carbocycles. The van der Waals surface area contributed by atoms with Gasteiger partial charge in [0.05, 0.1) is 17.7 Å². The molecular formula is C17H20N2O2. The molecule has 2 heterocycles. The molecule has 110 valence electrons. The molecule has 0 atom stereocenters. The SMILES string of the molecule is Cc1cc(CO)nc(C2(c3ccccc3)CCOCC2)n1. The van der Waals surface area contributed by atoms with Crippen LogP contribution in [0.25, 0.3) is 0 Å². The second-order valence-electron chi connectivity index (χ2n) is 5.54. The Balaban J connectivity index is 2.14. The Morgan fingerprint density at radius 3 is 2.52 bits per heavy atom. The number of nitrogens with zero attached hydrogens (tertiary/aromatic N) is 2. The van der Waals surface area contributed by atoms with Gasteiger partial charge < -0.3 is 9.84 Å². The molecular weight excluding hydrogens is 264 g/mol. The van der Waals surface area contributed by atoms with Gasteiger partial charge in [-0.25, -0.2) is 9.97 Å². The highest BCUT2D eigenvalue weighted by molar-refractivity contribution is 5.34. The maximum Gasteiger partial charge on any atom is 0.139 e. The average Bonchev–Trinajstić information content (AvgIpc) is 2.55. The molecule has 1 N–H and O–H groups in total. The molecule has 4 nitrogen and oxygen atoms in total. The van der Waals surface area contributed by atoms with Gasteiger partial charge >= 0.3 is 0 Å². The van der Waals surface area contributed by atoms with Gasteiger partial charge in [-0.1, -0.05) is 30.3 Å². The Hall–Kier alpha value is -1.78. The fraction of sp³-hybridized carbons (Fsp3) is 0.412. The Bertz CT molecular complexity index is 607. The lowest BCUT2D eigenvalue weighted by atomic mass is 9.73. The van der Waals surface area contributed by atoms with Crippen LogP contribution in [-0.4, -0.2) is 28.3 Å². The predicted octanol–water partition coefficient (Wildman–Crippen LogP) is 2.37. The van der Waals surface area contributed by atoms with Crippen LogP contribution < -0.4 is 0 Å². The molecule has 0 unspecified atom stereocenters. The smallest absolute Gasteiger partial charge is 0.139 e. The summed E-state index contributed by atoms with van der Waals surface area (Å²) in [6.07, 6.45) is 1.73. The first kappa shape index (κ1) is 14.2. The molecule has 1 aliphatic rings. The van der Waals surface area contributed by atoms with Gasteiger partial charge in [0.15, 0.2) is 0 Å². The van der Waals surface area contributed by atoms with E-state index in [0.29, 0.717) is 18.9 Å². The highest BCUT2D eigenvalue weighted by Crippen LogP contribution is 2.39. The van der Waals surface area contributed by atoms with Crippen molar-refractivity contribution in [2.24, 2.45) is 0 Å². The highest BCUT2D eigenvalue weighted by Gasteiger charge is 2.39. The van der Waals surface area contributed by atoms with Crippen LogP contribution >= 0.6 is 0 Å². The van der Waals surface area contributed by atoms with Gasteiger partial charge in [0.25, 0.3) is 0 Å². The molecule has 1 aromatic heterocycles. The minimum absolute atomic E-state index is 0.0578. The molecule has 3 rings (SSSR count). The van der Waals surface area contributed by atoms with Crippen LogP contribution in [0.2, 0.25) is 0 Å². The summed E-state index contributed by atoms with van der Waals surface area (Å²) >= 11 is 0. The number of hydrogen-bond donors (Lipinski definition) is 1. The van der Waals surface area contributed by atoms with Gasteiger partial charge in [-0.3, -0.25) is 0 Å². The minimum atomic E-state index is -0.213. The van der Waals surface area contributed by atoms with E-state index in [1.54, 1.807) is 0 Å². The summed E-state index contributed by atoms with van der Waals surface area (Å²) in [7, 11) is 0. The van der Waals surface area contributed by atoms with Crippen LogP contribution in [0.3, 0.4) is 0 Å². The summed E-state index contributed by atoms with van der Waals surface area (Å²) in [5.41, 5.74) is 2.59. The zero-order chi connectivity index (χ0) is 14.7. The number of aryl methyl sites for hydroxylation is 1. The topological polar surface area (TPSA) is 55.2 Å². The number of aliphatic hydroxyl groups is 1. The van der Waals surface area contributed by atoms with Gasteiger partial charge in [-0.05, 0) is 31.4 Å². The molecule has 0 spiro atoms. The fourth-order valence-corrected chi connectivity index (χ4v) is 3.05. The molecule has 0 amide bonds. The molecule has 4 heteroatoms. The zero-order valence-corrected chi connectivity index (χ0v) is 12.2. The third-order valence-corrected chi connectivity index (χ3v) is 4.17. The van der Waals surface area contributed by atoms with Crippen LogP contribution in [0.1, 0.15) is 35.6 Å². The summed E-state index contributed by atoms with van der Waals surface area (Å²) in [6, 6.07) is 12.2. The van der Waals surface area contributed by atoms with Gasteiger partial charge in [0.2, 0.25) is 0 Å². The van der Waals surface area contributed by atoms with E-state index in [2.05, 4.69) is 34.2 Å². The number of benzene rings is 1. The second kappa shape index (κ2) is 5.92.